The number of hydrogen-bond acceptors (Lipinski definition) is 13. The summed E-state index contributed by atoms with van der Waals surface area (Å²) in [5.41, 5.74) is 3.66. The number of carbonyl (C=O) groups excluding carboxylic acids is 4. The first-order valence-corrected chi connectivity index (χ1v) is 32.6. The smallest absolute Gasteiger partial charge is 0.255 e. The summed E-state index contributed by atoms with van der Waals surface area (Å²) in [6.45, 7) is 9.79. The van der Waals surface area contributed by atoms with Crippen LogP contribution in [0.2, 0.25) is 45.8 Å². The third-order valence-electron chi connectivity index (χ3n) is 15.6. The lowest BCUT2D eigenvalue weighted by atomic mass is 9.97. The van der Waals surface area contributed by atoms with Gasteiger partial charge in [-0.1, -0.05) is 66.0 Å². The number of ether oxygens (including phenoxy) is 1. The predicted molar refractivity (Wildman–Crippen MR) is 313 cm³/mol. The van der Waals surface area contributed by atoms with Gasteiger partial charge >= 0.3 is 0 Å². The lowest BCUT2D eigenvalue weighted by molar-refractivity contribution is -0.135. The number of aromatic nitrogens is 10. The van der Waals surface area contributed by atoms with E-state index >= 15 is 0 Å². The standard InChI is InChI=1S/C31H36Cl2N8O3Si.C25H22Cl2N8O2/c1-45(2,3)11-10-44-18-40-17-22(30(42)38-27(20-4-5-20)31(43)39-8-6-19(14-34)7-9-39)28-29(40)35-16-26(37-28)41-25-13-24(33)23(32)12-21(25)15-36-41;26-17-7-15-10-31-35(19(15)8-18(17)27)20-12-30-23-22(32-20)16(11-29-23)24(36)33-21(14-1-2-14)25(37)34-5-3-13(9-28)4-6-34/h12-13,15-17,19-20,27H,4-11,18H2,1-3H3,(H,38,42);7-8,10-14,21H,1-6H2,(H,29,30)(H,33,36)/t27-;21-/m11/s1. The molecule has 0 radical (unpaired) electrons. The van der Waals surface area contributed by atoms with Gasteiger partial charge in [0.25, 0.3) is 11.8 Å². The largest absolute Gasteiger partial charge is 0.361 e. The number of aromatic amines is 1. The number of H-pyrrole nitrogens is 1. The zero-order chi connectivity index (χ0) is 57.6. The number of nitrogens with zero attached hydrogens (tertiary/aromatic N) is 13. The number of halogens is 4. The molecule has 8 aromatic rings. The molecule has 2 aliphatic heterocycles. The van der Waals surface area contributed by atoms with Crippen LogP contribution in [-0.4, -0.2) is 135 Å². The summed E-state index contributed by atoms with van der Waals surface area (Å²) in [4.78, 5) is 79.4. The number of carbonyl (C=O) groups is 4. The molecule has 4 aliphatic rings. The fourth-order valence-electron chi connectivity index (χ4n) is 10.4. The van der Waals surface area contributed by atoms with Gasteiger partial charge in [0, 0.05) is 75.9 Å². The van der Waals surface area contributed by atoms with Crippen LogP contribution < -0.4 is 10.6 Å². The normalized spacial score (nSPS) is 16.9. The van der Waals surface area contributed by atoms with Gasteiger partial charge < -0.3 is 34.7 Å². The van der Waals surface area contributed by atoms with E-state index in [0.29, 0.717) is 135 Å². The maximum atomic E-state index is 14.0. The molecule has 2 saturated carbocycles. The van der Waals surface area contributed by atoms with Crippen molar-refractivity contribution in [3.63, 3.8) is 0 Å². The molecule has 0 spiro atoms. The van der Waals surface area contributed by atoms with Crippen LogP contribution in [0.4, 0.5) is 0 Å². The lowest BCUT2D eigenvalue weighted by Gasteiger charge is -2.32. The molecule has 2 saturated heterocycles. The molecule has 2 aromatic carbocycles. The van der Waals surface area contributed by atoms with Crippen molar-refractivity contribution in [3.8, 4) is 23.8 Å². The maximum absolute atomic E-state index is 14.0. The van der Waals surface area contributed by atoms with Crippen LogP contribution in [0.3, 0.4) is 0 Å². The summed E-state index contributed by atoms with van der Waals surface area (Å²) in [7, 11) is -1.29. The summed E-state index contributed by atoms with van der Waals surface area (Å²) < 4.78 is 11.0. The van der Waals surface area contributed by atoms with Gasteiger partial charge in [-0.15, -0.1) is 0 Å². The first-order valence-electron chi connectivity index (χ1n) is 27.4. The first-order chi connectivity index (χ1) is 39.4. The predicted octanol–water partition coefficient (Wildman–Crippen LogP) is 9.53. The highest BCUT2D eigenvalue weighted by Crippen LogP contribution is 2.37. The van der Waals surface area contributed by atoms with Gasteiger partial charge in [0.15, 0.2) is 22.9 Å². The molecule has 6 aromatic heterocycles. The second-order valence-electron chi connectivity index (χ2n) is 22.7. The SMILES string of the molecule is C[Si](C)(C)CCOCn1cc(C(=O)N[C@@H](C(=O)N2CCC(C#N)CC2)C2CC2)c2nc(-n3ncc4cc(Cl)c(Cl)cc43)cnc21.N#CC1CCN(C(=O)[C@H](NC(=O)c2c[nH]c3ncc(-n4ncc5cc(Cl)c(Cl)cc54)nc23)C2CC2)CC1. The average molecular weight is 1210 g/mol. The van der Waals surface area contributed by atoms with E-state index in [1.165, 1.54) is 0 Å². The van der Waals surface area contributed by atoms with Gasteiger partial charge in [-0.05, 0) is 93.5 Å². The molecule has 0 unspecified atom stereocenters. The van der Waals surface area contributed by atoms with E-state index in [0.717, 1.165) is 42.5 Å². The minimum Gasteiger partial charge on any atom is -0.361 e. The number of nitrogens with one attached hydrogen (secondary N) is 3. The number of likely N-dealkylation sites (tertiary alicyclic amines) is 2. The third-order valence-corrected chi connectivity index (χ3v) is 18.7. The van der Waals surface area contributed by atoms with E-state index in [-0.39, 0.29) is 42.2 Å². The van der Waals surface area contributed by atoms with E-state index in [2.05, 4.69) is 67.6 Å². The molecule has 21 nitrogen and oxygen atoms in total. The summed E-state index contributed by atoms with van der Waals surface area (Å²) >= 11 is 24.9. The molecule has 0 bridgehead atoms. The Morgan fingerprint density at radius 1 is 0.671 bits per heavy atom. The van der Waals surface area contributed by atoms with Gasteiger partial charge in [0.2, 0.25) is 11.8 Å². The highest BCUT2D eigenvalue weighted by molar-refractivity contribution is 6.76. The van der Waals surface area contributed by atoms with Crippen LogP contribution in [0.5, 0.6) is 0 Å². The van der Waals surface area contributed by atoms with Crippen molar-refractivity contribution in [2.45, 2.75) is 95.9 Å². The van der Waals surface area contributed by atoms with Crippen molar-refractivity contribution in [1.82, 2.24) is 69.5 Å². The van der Waals surface area contributed by atoms with Gasteiger partial charge in [-0.2, -0.15) is 20.7 Å². The fourth-order valence-corrected chi connectivity index (χ4v) is 11.8. The van der Waals surface area contributed by atoms with Crippen LogP contribution in [0.25, 0.3) is 55.8 Å². The number of fused-ring (bicyclic) bond motifs is 4. The van der Waals surface area contributed by atoms with E-state index in [1.54, 1.807) is 85.2 Å². The monoisotopic (exact) mass is 1200 g/mol. The van der Waals surface area contributed by atoms with Crippen molar-refractivity contribution >= 4 is 122 Å². The topological polar surface area (TPSA) is 264 Å². The first kappa shape index (κ1) is 56.7. The Morgan fingerprint density at radius 3 is 1.63 bits per heavy atom. The Morgan fingerprint density at radius 2 is 1.15 bits per heavy atom. The highest BCUT2D eigenvalue weighted by Gasteiger charge is 2.42. The molecule has 8 heterocycles. The van der Waals surface area contributed by atoms with E-state index in [4.69, 9.17) is 66.4 Å². The Balaban J connectivity index is 0.000000175. The van der Waals surface area contributed by atoms with Crippen molar-refractivity contribution in [2.24, 2.45) is 23.7 Å². The Labute approximate surface area is 492 Å². The molecule has 2 atom stereocenters. The van der Waals surface area contributed by atoms with Crippen LogP contribution in [0.15, 0.2) is 61.4 Å². The minimum atomic E-state index is -1.29. The molecular formula is C56H58Cl4N16O5Si. The highest BCUT2D eigenvalue weighted by atomic mass is 35.5. The van der Waals surface area contributed by atoms with E-state index in [1.807, 2.05) is 0 Å². The summed E-state index contributed by atoms with van der Waals surface area (Å²) in [5, 5.41) is 36.5. The number of hydrogen-bond donors (Lipinski definition) is 3. The van der Waals surface area contributed by atoms with Gasteiger partial charge in [0.1, 0.15) is 29.8 Å². The van der Waals surface area contributed by atoms with Gasteiger partial charge in [-0.3, -0.25) is 19.2 Å². The van der Waals surface area contributed by atoms with Crippen molar-refractivity contribution < 1.29 is 23.9 Å². The van der Waals surface area contributed by atoms with Gasteiger partial charge in [0.05, 0.1) is 79.2 Å². The minimum absolute atomic E-state index is 0.0167. The quantitative estimate of drug-likeness (QED) is 0.0638. The summed E-state index contributed by atoms with van der Waals surface area (Å²) in [6.07, 6.45) is 15.9. The molecule has 2 aliphatic carbocycles. The molecule has 4 fully saturated rings. The molecule has 3 N–H and O–H groups in total. The van der Waals surface area contributed by atoms with Crippen LogP contribution in [0, 0.1) is 46.3 Å². The molecular weight excluding hydrogens is 1150 g/mol. The third kappa shape index (κ3) is 12.1. The summed E-state index contributed by atoms with van der Waals surface area (Å²) in [6, 6.07) is 11.2. The Kier molecular flexibility index (Phi) is 16.3. The van der Waals surface area contributed by atoms with E-state index in [9.17, 15) is 24.4 Å². The Bertz CT molecular complexity index is 3870. The van der Waals surface area contributed by atoms with Crippen molar-refractivity contribution in [2.75, 3.05) is 32.8 Å². The van der Waals surface area contributed by atoms with Crippen LogP contribution in [-0.2, 0) is 21.1 Å². The number of benzene rings is 2. The average Bonchev–Trinajstić information content (AvgIpc) is 4.48. The fraction of sp³-hybridized carbons (Fsp3) is 0.429. The second kappa shape index (κ2) is 23.6. The molecule has 4 amide bonds. The van der Waals surface area contributed by atoms with Crippen LogP contribution in [0.1, 0.15) is 72.1 Å². The molecule has 424 valence electrons. The number of amides is 4. The number of rotatable bonds is 15. The zero-order valence-electron chi connectivity index (χ0n) is 45.2. The number of piperidine rings is 2. The molecule has 26 heteroatoms. The molecule has 82 heavy (non-hydrogen) atoms. The van der Waals surface area contributed by atoms with Crippen LogP contribution >= 0.6 is 46.4 Å². The van der Waals surface area contributed by atoms with Crippen molar-refractivity contribution in [1.29, 1.82) is 10.5 Å². The maximum Gasteiger partial charge on any atom is 0.255 e. The van der Waals surface area contributed by atoms with Gasteiger partial charge in [-0.25, -0.2) is 29.3 Å². The Hall–Kier alpha value is -7.18. The lowest BCUT2D eigenvalue weighted by Crippen LogP contribution is -2.51. The molecule has 12 rings (SSSR count). The van der Waals surface area contributed by atoms with Crippen molar-refractivity contribution in [3.05, 3.63) is 92.7 Å². The summed E-state index contributed by atoms with van der Waals surface area (Å²) in [5.74, 6) is -0.0111. The second-order valence-corrected chi connectivity index (χ2v) is 29.9. The van der Waals surface area contributed by atoms with E-state index < -0.39 is 32.0 Å². The zero-order valence-corrected chi connectivity index (χ0v) is 49.2. The number of nitriles is 2.